The van der Waals surface area contributed by atoms with Crippen LogP contribution in [0.4, 0.5) is 24.5 Å². The third-order valence-corrected chi connectivity index (χ3v) is 10.0. The highest BCUT2D eigenvalue weighted by Crippen LogP contribution is 2.37. The number of amides is 2. The number of rotatable bonds is 10. The van der Waals surface area contributed by atoms with Crippen molar-refractivity contribution in [3.05, 3.63) is 71.8 Å². The first-order chi connectivity index (χ1) is 23.7. The fourth-order valence-electron chi connectivity index (χ4n) is 6.17. The van der Waals surface area contributed by atoms with Gasteiger partial charge in [0.1, 0.15) is 17.2 Å². The Bertz CT molecular complexity index is 1770. The lowest BCUT2D eigenvalue weighted by atomic mass is 9.97. The monoisotopic (exact) mass is 720 g/mol. The molecule has 272 valence electrons. The lowest BCUT2D eigenvalue weighted by molar-refractivity contribution is -0.274. The second kappa shape index (κ2) is 16.4. The number of hydrogen-bond donors (Lipinski definition) is 2. The number of halogens is 3. The molecule has 2 heterocycles. The van der Waals surface area contributed by atoms with E-state index in [2.05, 4.69) is 9.46 Å². The number of nitrogens with zero attached hydrogens (tertiary/aromatic N) is 2. The molecule has 2 aliphatic heterocycles. The molecule has 0 spiro atoms. The number of carbonyl (C=O) groups excluding carboxylic acids is 2. The number of nitrogen functional groups attached to an aromatic ring is 1. The van der Waals surface area contributed by atoms with Crippen molar-refractivity contribution >= 4 is 33.2 Å². The molecule has 0 radical (unpaired) electrons. The van der Waals surface area contributed by atoms with Crippen molar-refractivity contribution in [2.45, 2.75) is 62.6 Å². The molecule has 2 atom stereocenters. The largest absolute Gasteiger partial charge is 0.573 e. The van der Waals surface area contributed by atoms with Crippen LogP contribution in [-0.4, -0.2) is 76.8 Å². The van der Waals surface area contributed by atoms with E-state index in [4.69, 9.17) is 15.2 Å². The van der Waals surface area contributed by atoms with Gasteiger partial charge < -0.3 is 29.7 Å². The molecule has 50 heavy (non-hydrogen) atoms. The van der Waals surface area contributed by atoms with E-state index in [1.54, 1.807) is 31.1 Å². The Labute approximate surface area is 290 Å². The number of alkyl halides is 3. The molecule has 2 amide bonds. The van der Waals surface area contributed by atoms with E-state index in [1.165, 1.54) is 19.2 Å². The van der Waals surface area contributed by atoms with Crippen LogP contribution in [0, 0.1) is 0 Å². The van der Waals surface area contributed by atoms with E-state index in [1.807, 2.05) is 30.0 Å². The average molecular weight is 721 g/mol. The fourth-order valence-corrected chi connectivity index (χ4v) is 7.25. The summed E-state index contributed by atoms with van der Waals surface area (Å²) in [4.78, 5) is 27.0. The van der Waals surface area contributed by atoms with E-state index in [9.17, 15) is 31.2 Å². The molecule has 0 bridgehead atoms. The summed E-state index contributed by atoms with van der Waals surface area (Å²) in [7, 11) is -1.02. The van der Waals surface area contributed by atoms with Gasteiger partial charge in [-0.2, -0.15) is 0 Å². The van der Waals surface area contributed by atoms with E-state index < -0.39 is 22.1 Å². The molecule has 3 aromatic carbocycles. The molecule has 2 saturated heterocycles. The van der Waals surface area contributed by atoms with Crippen LogP contribution >= 0.6 is 0 Å². The molecular weight excluding hydrogens is 677 g/mol. The van der Waals surface area contributed by atoms with Gasteiger partial charge in [0.25, 0.3) is 10.0 Å². The minimum Gasteiger partial charge on any atom is -0.496 e. The molecule has 3 N–H and O–H groups in total. The van der Waals surface area contributed by atoms with Gasteiger partial charge in [-0.3, -0.25) is 14.3 Å². The van der Waals surface area contributed by atoms with Crippen molar-refractivity contribution in [1.29, 1.82) is 0 Å². The summed E-state index contributed by atoms with van der Waals surface area (Å²) in [6.45, 7) is 6.39. The Balaban J connectivity index is 0.000000263. The van der Waals surface area contributed by atoms with Gasteiger partial charge in [0.15, 0.2) is 0 Å². The third kappa shape index (κ3) is 9.73. The van der Waals surface area contributed by atoms with Crippen LogP contribution in [0.5, 0.6) is 17.2 Å². The SMILES string of the molecule is CCC(=O)N1CCC(c2cc(N)ccc2OC)C1.CCC(=O)N1CCC(c2cc(NS(=O)(=O)c3cccc(OC(F)(F)F)c3)ccc2OC)C1. The predicted octanol–water partition coefficient (Wildman–Crippen LogP) is 6.12. The topological polar surface area (TPSA) is 140 Å². The van der Waals surface area contributed by atoms with Crippen molar-refractivity contribution in [2.75, 3.05) is 50.9 Å². The van der Waals surface area contributed by atoms with Crippen LogP contribution in [0.3, 0.4) is 0 Å². The van der Waals surface area contributed by atoms with E-state index >= 15 is 0 Å². The molecule has 2 fully saturated rings. The van der Waals surface area contributed by atoms with E-state index in [0.717, 1.165) is 60.3 Å². The number of hydrogen-bond acceptors (Lipinski definition) is 8. The first-order valence-electron chi connectivity index (χ1n) is 16.2. The maximum absolute atomic E-state index is 12.8. The maximum Gasteiger partial charge on any atom is 0.573 e. The number of nitrogens with two attached hydrogens (primary N) is 1. The quantitative estimate of drug-likeness (QED) is 0.239. The summed E-state index contributed by atoms with van der Waals surface area (Å²) < 4.78 is 79.8. The Morgan fingerprint density at radius 3 is 1.90 bits per heavy atom. The number of sulfonamides is 1. The summed E-state index contributed by atoms with van der Waals surface area (Å²) in [6.07, 6.45) is -2.28. The molecule has 3 aromatic rings. The van der Waals surface area contributed by atoms with Crippen molar-refractivity contribution in [2.24, 2.45) is 0 Å². The van der Waals surface area contributed by atoms with Crippen LogP contribution in [-0.2, 0) is 19.6 Å². The van der Waals surface area contributed by atoms with Crippen LogP contribution < -0.4 is 24.7 Å². The van der Waals surface area contributed by atoms with Crippen molar-refractivity contribution in [3.8, 4) is 17.2 Å². The van der Waals surface area contributed by atoms with Crippen LogP contribution in [0.2, 0.25) is 0 Å². The zero-order chi connectivity index (χ0) is 36.6. The Morgan fingerprint density at radius 1 is 0.840 bits per heavy atom. The number of methoxy groups -OCH3 is 2. The predicted molar refractivity (Wildman–Crippen MR) is 183 cm³/mol. The zero-order valence-corrected chi connectivity index (χ0v) is 29.3. The third-order valence-electron chi connectivity index (χ3n) is 8.65. The number of benzene rings is 3. The number of likely N-dealkylation sites (tertiary alicyclic amines) is 2. The molecule has 5 rings (SSSR count). The van der Waals surface area contributed by atoms with Crippen molar-refractivity contribution < 1.29 is 45.4 Å². The molecule has 15 heteroatoms. The number of ether oxygens (including phenoxy) is 3. The summed E-state index contributed by atoms with van der Waals surface area (Å²) >= 11 is 0. The van der Waals surface area contributed by atoms with Gasteiger partial charge in [-0.25, -0.2) is 8.42 Å². The fraction of sp³-hybridized carbons (Fsp3) is 0.429. The van der Waals surface area contributed by atoms with E-state index in [0.29, 0.717) is 44.0 Å². The van der Waals surface area contributed by atoms with Crippen LogP contribution in [0.25, 0.3) is 0 Å². The highest BCUT2D eigenvalue weighted by Gasteiger charge is 2.32. The van der Waals surface area contributed by atoms with Gasteiger partial charge in [0, 0.05) is 79.4 Å². The number of nitrogens with one attached hydrogen (secondary N) is 1. The second-order valence-corrected chi connectivity index (χ2v) is 13.6. The highest BCUT2D eigenvalue weighted by atomic mass is 32.2. The van der Waals surface area contributed by atoms with Gasteiger partial charge in [-0.05, 0) is 61.4 Å². The smallest absolute Gasteiger partial charge is 0.496 e. The molecule has 11 nitrogen and oxygen atoms in total. The van der Waals surface area contributed by atoms with Gasteiger partial charge in [-0.15, -0.1) is 13.2 Å². The summed E-state index contributed by atoms with van der Waals surface area (Å²) in [5.74, 6) is 1.35. The minimum absolute atomic E-state index is 0.0339. The van der Waals surface area contributed by atoms with Crippen molar-refractivity contribution in [3.63, 3.8) is 0 Å². The Hall–Kier alpha value is -4.66. The van der Waals surface area contributed by atoms with Gasteiger partial charge in [0.05, 0.1) is 19.1 Å². The highest BCUT2D eigenvalue weighted by molar-refractivity contribution is 7.92. The van der Waals surface area contributed by atoms with Gasteiger partial charge in [-0.1, -0.05) is 19.9 Å². The molecule has 2 unspecified atom stereocenters. The van der Waals surface area contributed by atoms with Gasteiger partial charge >= 0.3 is 6.36 Å². The number of anilines is 2. The lowest BCUT2D eigenvalue weighted by Crippen LogP contribution is -2.27. The number of carbonyl (C=O) groups is 2. The first kappa shape index (κ1) is 38.1. The molecule has 0 saturated carbocycles. The van der Waals surface area contributed by atoms with Crippen molar-refractivity contribution in [1.82, 2.24) is 9.80 Å². The summed E-state index contributed by atoms with van der Waals surface area (Å²) in [6, 6.07) is 14.6. The Morgan fingerprint density at radius 2 is 1.38 bits per heavy atom. The van der Waals surface area contributed by atoms with Gasteiger partial charge in [0.2, 0.25) is 11.8 Å². The normalized spacial score (nSPS) is 17.5. The molecular formula is C35H43F3N4O7S. The average Bonchev–Trinajstić information content (AvgIpc) is 3.78. The first-order valence-corrected chi connectivity index (χ1v) is 17.7. The Kier molecular flexibility index (Phi) is 12.5. The zero-order valence-electron chi connectivity index (χ0n) is 28.5. The maximum atomic E-state index is 12.8. The molecule has 0 aliphatic carbocycles. The van der Waals surface area contributed by atoms with E-state index in [-0.39, 0.29) is 28.3 Å². The lowest BCUT2D eigenvalue weighted by Gasteiger charge is -2.18. The van der Waals surface area contributed by atoms with Crippen LogP contribution in [0.1, 0.15) is 62.5 Å². The summed E-state index contributed by atoms with van der Waals surface area (Å²) in [5.41, 5.74) is 8.66. The standard InChI is InChI=1S/C21H23F3N2O5S.C14H20N2O2/c1-3-20(27)26-10-9-14(13-26)18-11-15(7-8-19(18)30-2)25-32(28,29)17-6-4-5-16(12-17)31-21(22,23)24;1-3-14(17)16-7-6-10(9-16)12-8-11(15)4-5-13(12)18-2/h4-8,11-12,14,25H,3,9-10,13H2,1-2H3;4-5,8,10H,3,6-7,9,15H2,1-2H3. The molecule has 0 aromatic heterocycles. The van der Waals surface area contributed by atoms with Crippen LogP contribution in [0.15, 0.2) is 65.6 Å². The minimum atomic E-state index is -4.94. The second-order valence-electron chi connectivity index (χ2n) is 11.9. The molecule has 2 aliphatic rings. The summed E-state index contributed by atoms with van der Waals surface area (Å²) in [5, 5.41) is 0.